The maximum Gasteiger partial charge on any atom is 0.332 e. The van der Waals surface area contributed by atoms with E-state index >= 15 is 0 Å². The Balaban J connectivity index is 1.91. The van der Waals surface area contributed by atoms with Crippen molar-refractivity contribution in [3.05, 3.63) is 56.2 Å². The van der Waals surface area contributed by atoms with Gasteiger partial charge < -0.3 is 4.90 Å². The van der Waals surface area contributed by atoms with Crippen molar-refractivity contribution in [2.24, 2.45) is 7.05 Å². The molecule has 136 valence electrons. The molecular weight excluding hydrogens is 362 g/mol. The molecule has 3 heterocycles. The van der Waals surface area contributed by atoms with Crippen LogP contribution in [0.4, 0.5) is 13.9 Å². The van der Waals surface area contributed by atoms with Gasteiger partial charge in [0.1, 0.15) is 16.3 Å². The Morgan fingerprint density at radius 3 is 2.65 bits per heavy atom. The minimum atomic E-state index is -0.615. The third-order valence-electron chi connectivity index (χ3n) is 4.58. The summed E-state index contributed by atoms with van der Waals surface area (Å²) in [5.41, 5.74) is -0.787. The van der Waals surface area contributed by atoms with Crippen molar-refractivity contribution in [1.29, 1.82) is 0 Å². The summed E-state index contributed by atoms with van der Waals surface area (Å²) in [6.45, 7) is 1.50. The van der Waals surface area contributed by atoms with Gasteiger partial charge in [-0.2, -0.15) is 0 Å². The fourth-order valence-corrected chi connectivity index (χ4v) is 4.25. The fraction of sp³-hybridized carbons (Fsp3) is 0.353. The number of thiazole rings is 1. The summed E-state index contributed by atoms with van der Waals surface area (Å²) < 4.78 is 30.1. The van der Waals surface area contributed by atoms with Crippen LogP contribution in [-0.4, -0.2) is 27.2 Å². The van der Waals surface area contributed by atoms with Crippen LogP contribution in [0, 0.1) is 11.6 Å². The van der Waals surface area contributed by atoms with Crippen molar-refractivity contribution in [2.45, 2.75) is 19.4 Å². The van der Waals surface area contributed by atoms with Crippen LogP contribution in [0.3, 0.4) is 0 Å². The van der Waals surface area contributed by atoms with E-state index in [-0.39, 0.29) is 17.8 Å². The molecule has 26 heavy (non-hydrogen) atoms. The summed E-state index contributed by atoms with van der Waals surface area (Å²) >= 11 is 1.23. The van der Waals surface area contributed by atoms with E-state index in [0.29, 0.717) is 9.83 Å². The Labute approximate surface area is 150 Å². The van der Waals surface area contributed by atoms with E-state index in [9.17, 15) is 18.4 Å². The third-order valence-corrected chi connectivity index (χ3v) is 5.68. The number of hydrogen-bond acceptors (Lipinski definition) is 5. The second-order valence-electron chi connectivity index (χ2n) is 6.31. The number of aromatic nitrogens is 3. The molecule has 0 bridgehead atoms. The van der Waals surface area contributed by atoms with Gasteiger partial charge in [-0.05, 0) is 31.0 Å². The number of benzene rings is 1. The first-order valence-corrected chi connectivity index (χ1v) is 9.06. The molecule has 9 heteroatoms. The molecule has 1 fully saturated rings. The molecule has 0 amide bonds. The quantitative estimate of drug-likeness (QED) is 0.700. The SMILES string of the molecule is Cn1c(=O)c2sc(N3CCCC3)nc2n(Cc2cc(F)ccc2F)c1=O. The van der Waals surface area contributed by atoms with Crippen molar-refractivity contribution in [3.8, 4) is 0 Å². The van der Waals surface area contributed by atoms with Gasteiger partial charge >= 0.3 is 5.69 Å². The Kier molecular flexibility index (Phi) is 4.10. The average Bonchev–Trinajstić information content (AvgIpc) is 3.29. The van der Waals surface area contributed by atoms with Gasteiger partial charge in [0.05, 0.1) is 6.54 Å². The zero-order valence-corrected chi connectivity index (χ0v) is 14.9. The van der Waals surface area contributed by atoms with E-state index in [1.54, 1.807) is 0 Å². The van der Waals surface area contributed by atoms with Crippen LogP contribution in [0.15, 0.2) is 27.8 Å². The summed E-state index contributed by atoms with van der Waals surface area (Å²) in [6, 6.07) is 3.09. The number of halogens is 2. The number of nitrogens with zero attached hydrogens (tertiary/aromatic N) is 4. The monoisotopic (exact) mass is 378 g/mol. The maximum absolute atomic E-state index is 14.0. The lowest BCUT2D eigenvalue weighted by molar-refractivity contribution is 0.570. The van der Waals surface area contributed by atoms with E-state index in [4.69, 9.17) is 0 Å². The van der Waals surface area contributed by atoms with E-state index in [1.807, 2.05) is 0 Å². The molecule has 1 aromatic carbocycles. The molecule has 0 saturated carbocycles. The normalized spacial score (nSPS) is 14.5. The van der Waals surface area contributed by atoms with Gasteiger partial charge in [0.25, 0.3) is 5.56 Å². The van der Waals surface area contributed by atoms with Gasteiger partial charge in [-0.15, -0.1) is 0 Å². The average molecular weight is 378 g/mol. The van der Waals surface area contributed by atoms with E-state index in [2.05, 4.69) is 9.88 Å². The first-order valence-electron chi connectivity index (χ1n) is 8.25. The Morgan fingerprint density at radius 1 is 1.19 bits per heavy atom. The second kappa shape index (κ2) is 6.31. The second-order valence-corrected chi connectivity index (χ2v) is 7.29. The summed E-state index contributed by atoms with van der Waals surface area (Å²) in [7, 11) is 1.37. The third kappa shape index (κ3) is 2.72. The molecule has 1 aliphatic heterocycles. The maximum atomic E-state index is 14.0. The van der Waals surface area contributed by atoms with Crippen LogP contribution < -0.4 is 16.1 Å². The lowest BCUT2D eigenvalue weighted by Crippen LogP contribution is -2.38. The first-order chi connectivity index (χ1) is 12.5. The molecule has 3 aromatic rings. The molecule has 0 spiro atoms. The summed E-state index contributed by atoms with van der Waals surface area (Å²) in [5, 5.41) is 0.675. The lowest BCUT2D eigenvalue weighted by atomic mass is 10.2. The van der Waals surface area contributed by atoms with Gasteiger partial charge in [-0.3, -0.25) is 13.9 Å². The molecule has 0 radical (unpaired) electrons. The van der Waals surface area contributed by atoms with Crippen LogP contribution >= 0.6 is 11.3 Å². The Bertz CT molecular complexity index is 1110. The van der Waals surface area contributed by atoms with Crippen LogP contribution in [0.2, 0.25) is 0 Å². The molecular formula is C17H16F2N4O2S. The molecule has 0 unspecified atom stereocenters. The summed E-state index contributed by atoms with van der Waals surface area (Å²) in [6.07, 6.45) is 2.10. The standard InChI is InChI=1S/C17H16F2N4O2S/c1-21-15(24)13-14(20-16(26-13)22-6-2-3-7-22)23(17(21)25)9-10-8-11(18)4-5-12(10)19/h4-5,8H,2-3,6-7,9H2,1H3. The van der Waals surface area contributed by atoms with Crippen molar-refractivity contribution >= 4 is 26.8 Å². The Hall–Kier alpha value is -2.55. The first kappa shape index (κ1) is 16.9. The highest BCUT2D eigenvalue weighted by atomic mass is 32.1. The van der Waals surface area contributed by atoms with Crippen molar-refractivity contribution in [3.63, 3.8) is 0 Å². The van der Waals surface area contributed by atoms with Gasteiger partial charge in [-0.25, -0.2) is 18.6 Å². The largest absolute Gasteiger partial charge is 0.348 e. The minimum Gasteiger partial charge on any atom is -0.348 e. The molecule has 0 aliphatic carbocycles. The van der Waals surface area contributed by atoms with Crippen LogP contribution in [0.1, 0.15) is 18.4 Å². The highest BCUT2D eigenvalue weighted by molar-refractivity contribution is 7.22. The molecule has 2 aromatic heterocycles. The predicted molar refractivity (Wildman–Crippen MR) is 96.0 cm³/mol. The molecule has 0 atom stereocenters. The molecule has 6 nitrogen and oxygen atoms in total. The van der Waals surface area contributed by atoms with Gasteiger partial charge in [0.15, 0.2) is 10.8 Å². The molecule has 0 N–H and O–H groups in total. The van der Waals surface area contributed by atoms with Crippen LogP contribution in [0.25, 0.3) is 10.3 Å². The smallest absolute Gasteiger partial charge is 0.332 e. The molecule has 1 saturated heterocycles. The van der Waals surface area contributed by atoms with Gasteiger partial charge in [-0.1, -0.05) is 11.3 Å². The highest BCUT2D eigenvalue weighted by Crippen LogP contribution is 2.28. The van der Waals surface area contributed by atoms with Crippen LogP contribution in [-0.2, 0) is 13.6 Å². The predicted octanol–water partition coefficient (Wildman–Crippen LogP) is 2.08. The molecule has 4 rings (SSSR count). The van der Waals surface area contributed by atoms with Crippen molar-refractivity contribution in [2.75, 3.05) is 18.0 Å². The van der Waals surface area contributed by atoms with Gasteiger partial charge in [0, 0.05) is 25.7 Å². The van der Waals surface area contributed by atoms with E-state index in [1.165, 1.54) is 23.0 Å². The highest BCUT2D eigenvalue weighted by Gasteiger charge is 2.21. The molecule has 1 aliphatic rings. The van der Waals surface area contributed by atoms with Crippen molar-refractivity contribution in [1.82, 2.24) is 14.1 Å². The van der Waals surface area contributed by atoms with Crippen LogP contribution in [0.5, 0.6) is 0 Å². The van der Waals surface area contributed by atoms with E-state index < -0.39 is 22.9 Å². The Morgan fingerprint density at radius 2 is 1.92 bits per heavy atom. The van der Waals surface area contributed by atoms with Crippen molar-refractivity contribution < 1.29 is 8.78 Å². The van der Waals surface area contributed by atoms with Gasteiger partial charge in [0.2, 0.25) is 0 Å². The number of rotatable bonds is 3. The minimum absolute atomic E-state index is 0.0303. The zero-order valence-electron chi connectivity index (χ0n) is 14.0. The number of fused-ring (bicyclic) bond motifs is 1. The lowest BCUT2D eigenvalue weighted by Gasteiger charge is -2.12. The number of anilines is 1. The fourth-order valence-electron chi connectivity index (χ4n) is 3.16. The zero-order chi connectivity index (χ0) is 18.4. The number of hydrogen-bond donors (Lipinski definition) is 0. The topological polar surface area (TPSA) is 60.1 Å². The van der Waals surface area contributed by atoms with E-state index in [0.717, 1.165) is 48.7 Å². The summed E-state index contributed by atoms with van der Waals surface area (Å²) in [4.78, 5) is 31.6. The summed E-state index contributed by atoms with van der Waals surface area (Å²) in [5.74, 6) is -1.21.